The molecule has 1 aromatic rings. The van der Waals surface area contributed by atoms with Gasteiger partial charge < -0.3 is 5.73 Å². The van der Waals surface area contributed by atoms with Crippen LogP contribution in [-0.4, -0.2) is 46.5 Å². The van der Waals surface area contributed by atoms with E-state index in [9.17, 15) is 8.42 Å². The summed E-state index contributed by atoms with van der Waals surface area (Å²) in [6.45, 7) is 4.68. The number of aromatic amines is 1. The average Bonchev–Trinajstić information content (AvgIpc) is 2.81. The van der Waals surface area contributed by atoms with Crippen molar-refractivity contribution in [3.63, 3.8) is 0 Å². The zero-order valence-electron chi connectivity index (χ0n) is 10.5. The van der Waals surface area contributed by atoms with E-state index in [1.807, 2.05) is 13.8 Å². The van der Waals surface area contributed by atoms with Crippen molar-refractivity contribution in [1.82, 2.24) is 14.5 Å². The van der Waals surface area contributed by atoms with E-state index >= 15 is 0 Å². The van der Waals surface area contributed by atoms with Crippen molar-refractivity contribution >= 4 is 21.8 Å². The Kier molecular flexibility index (Phi) is 4.00. The molecular formula is C10H18N4O2S2. The minimum absolute atomic E-state index is 0.0253. The number of H-pyrrole nitrogens is 1. The molecule has 0 aliphatic carbocycles. The van der Waals surface area contributed by atoms with Crippen LogP contribution in [0.3, 0.4) is 0 Å². The van der Waals surface area contributed by atoms with Crippen LogP contribution in [0.1, 0.15) is 19.4 Å². The molecule has 0 bridgehead atoms. The van der Waals surface area contributed by atoms with Crippen LogP contribution in [0.2, 0.25) is 0 Å². The van der Waals surface area contributed by atoms with E-state index in [0.717, 1.165) is 5.75 Å². The lowest BCUT2D eigenvalue weighted by Gasteiger charge is -2.36. The summed E-state index contributed by atoms with van der Waals surface area (Å²) in [5.74, 6) is 0.816. The quantitative estimate of drug-likeness (QED) is 0.840. The molecule has 0 spiro atoms. The van der Waals surface area contributed by atoms with Crippen LogP contribution >= 0.6 is 11.8 Å². The highest BCUT2D eigenvalue weighted by Gasteiger charge is 2.36. The van der Waals surface area contributed by atoms with Gasteiger partial charge in [-0.25, -0.2) is 8.42 Å². The van der Waals surface area contributed by atoms with Crippen LogP contribution < -0.4 is 5.73 Å². The fourth-order valence-electron chi connectivity index (χ4n) is 2.03. The predicted octanol–water partition coefficient (Wildman–Crippen LogP) is 0.383. The highest BCUT2D eigenvalue weighted by Crippen LogP contribution is 2.29. The third-order valence-electron chi connectivity index (χ3n) is 3.29. The molecule has 0 aromatic carbocycles. The lowest BCUT2D eigenvalue weighted by atomic mass is 10.2. The van der Waals surface area contributed by atoms with Crippen LogP contribution in [0.4, 0.5) is 0 Å². The van der Waals surface area contributed by atoms with Crippen molar-refractivity contribution in [3.8, 4) is 0 Å². The molecule has 2 atom stereocenters. The molecule has 2 rings (SSSR count). The molecular weight excluding hydrogens is 272 g/mol. The summed E-state index contributed by atoms with van der Waals surface area (Å²) in [6.07, 6.45) is 1.47. The zero-order chi connectivity index (χ0) is 13.3. The summed E-state index contributed by atoms with van der Waals surface area (Å²) in [5, 5.41) is 6.77. The molecule has 0 radical (unpaired) electrons. The Bertz CT molecular complexity index is 514. The summed E-state index contributed by atoms with van der Waals surface area (Å²) in [4.78, 5) is 0. The van der Waals surface area contributed by atoms with Gasteiger partial charge in [0, 0.05) is 35.7 Å². The van der Waals surface area contributed by atoms with Crippen molar-refractivity contribution in [3.05, 3.63) is 11.8 Å². The number of sulfonamides is 1. The second-order valence-corrected chi connectivity index (χ2v) is 7.67. The summed E-state index contributed by atoms with van der Waals surface area (Å²) in [6, 6.07) is -0.0253. The molecule has 0 amide bonds. The van der Waals surface area contributed by atoms with Gasteiger partial charge in [-0.15, -0.1) is 0 Å². The Balaban J connectivity index is 2.36. The number of thioether (sulfide) groups is 1. The van der Waals surface area contributed by atoms with Crippen molar-refractivity contribution in [2.24, 2.45) is 5.73 Å². The monoisotopic (exact) mass is 290 g/mol. The summed E-state index contributed by atoms with van der Waals surface area (Å²) >= 11 is 1.80. The number of aromatic nitrogens is 2. The third kappa shape index (κ3) is 2.29. The van der Waals surface area contributed by atoms with Gasteiger partial charge in [0.25, 0.3) is 10.0 Å². The van der Waals surface area contributed by atoms with Crippen LogP contribution in [0.5, 0.6) is 0 Å². The van der Waals surface area contributed by atoms with Gasteiger partial charge in [0.2, 0.25) is 0 Å². The number of nitrogens with two attached hydrogens (primary N) is 1. The van der Waals surface area contributed by atoms with Gasteiger partial charge >= 0.3 is 0 Å². The summed E-state index contributed by atoms with van der Waals surface area (Å²) in [5.41, 5.74) is 6.07. The average molecular weight is 290 g/mol. The zero-order valence-corrected chi connectivity index (χ0v) is 12.1. The van der Waals surface area contributed by atoms with E-state index in [1.165, 1.54) is 6.20 Å². The maximum atomic E-state index is 12.6. The first-order chi connectivity index (χ1) is 8.48. The van der Waals surface area contributed by atoms with Gasteiger partial charge in [-0.3, -0.25) is 5.10 Å². The largest absolute Gasteiger partial charge is 0.326 e. The molecule has 8 heteroatoms. The Morgan fingerprint density at radius 1 is 1.61 bits per heavy atom. The van der Waals surface area contributed by atoms with Crippen LogP contribution in [0, 0.1) is 0 Å². The Hall–Kier alpha value is -0.570. The van der Waals surface area contributed by atoms with E-state index in [4.69, 9.17) is 5.73 Å². The Labute approximate surface area is 111 Å². The smallest absolute Gasteiger partial charge is 0.260 e. The molecule has 6 nitrogen and oxygen atoms in total. The molecule has 102 valence electrons. The topological polar surface area (TPSA) is 92.1 Å². The number of hydrogen-bond donors (Lipinski definition) is 2. The minimum atomic E-state index is -3.52. The number of rotatable bonds is 3. The molecule has 3 N–H and O–H groups in total. The highest BCUT2D eigenvalue weighted by atomic mass is 32.2. The first-order valence-electron chi connectivity index (χ1n) is 5.84. The van der Waals surface area contributed by atoms with E-state index in [-0.39, 0.29) is 22.9 Å². The van der Waals surface area contributed by atoms with E-state index in [2.05, 4.69) is 10.2 Å². The van der Waals surface area contributed by atoms with Gasteiger partial charge in [-0.2, -0.15) is 21.2 Å². The summed E-state index contributed by atoms with van der Waals surface area (Å²) in [7, 11) is -3.52. The molecule has 1 saturated heterocycles. The van der Waals surface area contributed by atoms with Crippen molar-refractivity contribution in [1.29, 1.82) is 0 Å². The van der Waals surface area contributed by atoms with Crippen molar-refractivity contribution in [2.45, 2.75) is 36.7 Å². The predicted molar refractivity (Wildman–Crippen MR) is 71.8 cm³/mol. The molecule has 2 unspecified atom stereocenters. The standard InChI is InChI=1S/C10H18N4O2S2/c1-7-8(2)17-4-3-14(7)18(15,16)10-9(5-11)6-12-13-10/h6-8H,3-5,11H2,1-2H3,(H,12,13). The SMILES string of the molecule is CC1SCCN(S(=O)(=O)c2[nH]ncc2CN)C1C. The Morgan fingerprint density at radius 3 is 3.00 bits per heavy atom. The maximum Gasteiger partial charge on any atom is 0.260 e. The fraction of sp³-hybridized carbons (Fsp3) is 0.700. The molecule has 2 heterocycles. The maximum absolute atomic E-state index is 12.6. The molecule has 1 aromatic heterocycles. The number of hydrogen-bond acceptors (Lipinski definition) is 5. The molecule has 1 aliphatic heterocycles. The van der Waals surface area contributed by atoms with E-state index in [1.54, 1.807) is 16.1 Å². The van der Waals surface area contributed by atoms with Gasteiger partial charge in [0.1, 0.15) is 0 Å². The highest BCUT2D eigenvalue weighted by molar-refractivity contribution is 8.00. The molecule has 18 heavy (non-hydrogen) atoms. The Morgan fingerprint density at radius 2 is 2.33 bits per heavy atom. The van der Waals surface area contributed by atoms with Gasteiger partial charge in [0.05, 0.1) is 6.20 Å². The first kappa shape index (κ1) is 13.9. The molecule has 1 fully saturated rings. The van der Waals surface area contributed by atoms with Crippen LogP contribution in [-0.2, 0) is 16.6 Å². The van der Waals surface area contributed by atoms with E-state index in [0.29, 0.717) is 12.1 Å². The second kappa shape index (κ2) is 5.20. The molecule has 1 aliphatic rings. The normalized spacial score (nSPS) is 26.4. The van der Waals surface area contributed by atoms with Gasteiger partial charge in [0.15, 0.2) is 5.03 Å². The lowest BCUT2D eigenvalue weighted by molar-refractivity contribution is 0.339. The second-order valence-electron chi connectivity index (χ2n) is 4.36. The molecule has 0 saturated carbocycles. The van der Waals surface area contributed by atoms with Crippen LogP contribution in [0.15, 0.2) is 11.2 Å². The van der Waals surface area contributed by atoms with Gasteiger partial charge in [-0.1, -0.05) is 6.92 Å². The number of nitrogens with zero attached hydrogens (tertiary/aromatic N) is 2. The van der Waals surface area contributed by atoms with Gasteiger partial charge in [-0.05, 0) is 6.92 Å². The summed E-state index contributed by atoms with van der Waals surface area (Å²) < 4.78 is 26.7. The third-order valence-corrected chi connectivity index (χ3v) is 6.63. The minimum Gasteiger partial charge on any atom is -0.326 e. The fourth-order valence-corrected chi connectivity index (χ4v) is 5.14. The van der Waals surface area contributed by atoms with Crippen molar-refractivity contribution < 1.29 is 8.42 Å². The van der Waals surface area contributed by atoms with Crippen molar-refractivity contribution in [2.75, 3.05) is 12.3 Å². The first-order valence-corrected chi connectivity index (χ1v) is 8.33. The van der Waals surface area contributed by atoms with Crippen LogP contribution in [0.25, 0.3) is 0 Å². The lowest BCUT2D eigenvalue weighted by Crippen LogP contribution is -2.48. The number of nitrogens with one attached hydrogen (secondary N) is 1. The van der Waals surface area contributed by atoms with E-state index < -0.39 is 10.0 Å².